The van der Waals surface area contributed by atoms with Crippen LogP contribution in [0.2, 0.25) is 0 Å². The van der Waals surface area contributed by atoms with Crippen LogP contribution in [0.3, 0.4) is 0 Å². The van der Waals surface area contributed by atoms with Gasteiger partial charge in [0.15, 0.2) is 0 Å². The maximum absolute atomic E-state index is 8.94. The van der Waals surface area contributed by atoms with E-state index in [1.165, 1.54) is 10.0 Å². The number of nitrogens with zero attached hydrogens (tertiary/aromatic N) is 1. The molecule has 20 heavy (non-hydrogen) atoms. The summed E-state index contributed by atoms with van der Waals surface area (Å²) in [6.45, 7) is 8.63. The molecule has 0 aliphatic rings. The third kappa shape index (κ3) is 5.92. The Hall–Kier alpha value is -0.420. The van der Waals surface area contributed by atoms with Gasteiger partial charge in [-0.15, -0.1) is 0 Å². The normalized spacial score (nSPS) is 12.8. The SMILES string of the molecule is CCNC(CCN(CC)CCCO)c1ccccc1Br. The lowest BCUT2D eigenvalue weighted by Gasteiger charge is -2.25. The van der Waals surface area contributed by atoms with Crippen molar-refractivity contribution in [3.8, 4) is 0 Å². The van der Waals surface area contributed by atoms with E-state index in [1.54, 1.807) is 0 Å². The van der Waals surface area contributed by atoms with E-state index in [0.717, 1.165) is 39.0 Å². The van der Waals surface area contributed by atoms with Crippen molar-refractivity contribution in [1.29, 1.82) is 0 Å². The maximum atomic E-state index is 8.94. The Bertz CT molecular complexity index is 373. The quantitative estimate of drug-likeness (QED) is 0.685. The van der Waals surface area contributed by atoms with Gasteiger partial charge in [-0.25, -0.2) is 0 Å². The van der Waals surface area contributed by atoms with E-state index in [-0.39, 0.29) is 6.61 Å². The van der Waals surface area contributed by atoms with Crippen LogP contribution in [0, 0.1) is 0 Å². The van der Waals surface area contributed by atoms with Gasteiger partial charge in [0, 0.05) is 23.7 Å². The van der Waals surface area contributed by atoms with E-state index < -0.39 is 0 Å². The van der Waals surface area contributed by atoms with Crippen molar-refractivity contribution in [2.24, 2.45) is 0 Å². The number of hydrogen-bond donors (Lipinski definition) is 2. The van der Waals surface area contributed by atoms with E-state index in [1.807, 2.05) is 0 Å². The molecule has 0 aliphatic carbocycles. The van der Waals surface area contributed by atoms with Crippen molar-refractivity contribution >= 4 is 15.9 Å². The Morgan fingerprint density at radius 2 is 2.00 bits per heavy atom. The number of halogens is 1. The minimum Gasteiger partial charge on any atom is -0.396 e. The number of rotatable bonds is 10. The summed E-state index contributed by atoms with van der Waals surface area (Å²) >= 11 is 3.65. The summed E-state index contributed by atoms with van der Waals surface area (Å²) in [4.78, 5) is 2.40. The van der Waals surface area contributed by atoms with Gasteiger partial charge in [0.05, 0.1) is 0 Å². The first-order chi connectivity index (χ1) is 9.72. The van der Waals surface area contributed by atoms with Gasteiger partial charge >= 0.3 is 0 Å². The minimum absolute atomic E-state index is 0.275. The number of nitrogens with one attached hydrogen (secondary N) is 1. The molecular weight excluding hydrogens is 316 g/mol. The third-order valence-electron chi connectivity index (χ3n) is 3.54. The molecule has 4 heteroatoms. The van der Waals surface area contributed by atoms with Gasteiger partial charge in [0.25, 0.3) is 0 Å². The molecule has 0 saturated carbocycles. The zero-order chi connectivity index (χ0) is 14.8. The van der Waals surface area contributed by atoms with Crippen molar-refractivity contribution in [2.45, 2.75) is 32.7 Å². The summed E-state index contributed by atoms with van der Waals surface area (Å²) in [6.07, 6.45) is 1.93. The highest BCUT2D eigenvalue weighted by Crippen LogP contribution is 2.25. The smallest absolute Gasteiger partial charge is 0.0443 e. The second-order valence-corrected chi connectivity index (χ2v) is 5.79. The molecule has 0 bridgehead atoms. The van der Waals surface area contributed by atoms with E-state index in [4.69, 9.17) is 5.11 Å². The average Bonchev–Trinajstić information content (AvgIpc) is 2.47. The summed E-state index contributed by atoms with van der Waals surface area (Å²) < 4.78 is 1.17. The van der Waals surface area contributed by atoms with Crippen molar-refractivity contribution in [3.63, 3.8) is 0 Å². The number of aliphatic hydroxyl groups excluding tert-OH is 1. The van der Waals surface area contributed by atoms with E-state index in [9.17, 15) is 0 Å². The van der Waals surface area contributed by atoms with Crippen molar-refractivity contribution in [1.82, 2.24) is 10.2 Å². The van der Waals surface area contributed by atoms with Crippen LogP contribution in [-0.2, 0) is 0 Å². The zero-order valence-corrected chi connectivity index (χ0v) is 14.2. The molecule has 0 aliphatic heterocycles. The van der Waals surface area contributed by atoms with E-state index in [2.05, 4.69) is 64.3 Å². The van der Waals surface area contributed by atoms with Crippen LogP contribution in [0.4, 0.5) is 0 Å². The zero-order valence-electron chi connectivity index (χ0n) is 12.6. The molecule has 0 radical (unpaired) electrons. The lowest BCUT2D eigenvalue weighted by Crippen LogP contribution is -2.30. The highest BCUT2D eigenvalue weighted by molar-refractivity contribution is 9.10. The van der Waals surface area contributed by atoms with Crippen LogP contribution in [0.25, 0.3) is 0 Å². The fourth-order valence-electron chi connectivity index (χ4n) is 2.41. The predicted molar refractivity (Wildman–Crippen MR) is 89.0 cm³/mol. The summed E-state index contributed by atoms with van der Waals surface area (Å²) in [5.74, 6) is 0. The first-order valence-electron chi connectivity index (χ1n) is 7.53. The molecule has 0 amide bonds. The fourth-order valence-corrected chi connectivity index (χ4v) is 2.97. The maximum Gasteiger partial charge on any atom is 0.0443 e. The molecule has 0 spiro atoms. The van der Waals surface area contributed by atoms with E-state index in [0.29, 0.717) is 6.04 Å². The van der Waals surface area contributed by atoms with Gasteiger partial charge in [0.1, 0.15) is 0 Å². The number of hydrogen-bond acceptors (Lipinski definition) is 3. The molecule has 0 heterocycles. The summed E-state index contributed by atoms with van der Waals surface area (Å²) in [7, 11) is 0. The van der Waals surface area contributed by atoms with Gasteiger partial charge in [-0.05, 0) is 44.1 Å². The summed E-state index contributed by atoms with van der Waals surface area (Å²) in [5, 5.41) is 12.5. The topological polar surface area (TPSA) is 35.5 Å². The molecule has 0 saturated heterocycles. The Morgan fingerprint density at radius 3 is 2.60 bits per heavy atom. The summed E-state index contributed by atoms with van der Waals surface area (Å²) in [6, 6.07) is 8.80. The van der Waals surface area contributed by atoms with Gasteiger partial charge in [-0.3, -0.25) is 0 Å². The standard InChI is InChI=1S/C16H27BrN2O/c1-3-18-16(14-8-5-6-9-15(14)17)10-12-19(4-2)11-7-13-20/h5-6,8-9,16,18,20H,3-4,7,10-13H2,1-2H3. The van der Waals surface area contributed by atoms with E-state index >= 15 is 0 Å². The van der Waals surface area contributed by atoms with Crippen molar-refractivity contribution in [3.05, 3.63) is 34.3 Å². The van der Waals surface area contributed by atoms with Gasteiger partial charge in [-0.2, -0.15) is 0 Å². The molecule has 1 aromatic rings. The van der Waals surface area contributed by atoms with Gasteiger partial charge in [0.2, 0.25) is 0 Å². The Morgan fingerprint density at radius 1 is 1.25 bits per heavy atom. The molecule has 2 N–H and O–H groups in total. The number of benzene rings is 1. The Labute approximate surface area is 131 Å². The molecule has 1 atom stereocenters. The van der Waals surface area contributed by atoms with Crippen LogP contribution >= 0.6 is 15.9 Å². The monoisotopic (exact) mass is 342 g/mol. The molecular formula is C16H27BrN2O. The van der Waals surface area contributed by atoms with Crippen molar-refractivity contribution < 1.29 is 5.11 Å². The molecule has 0 fully saturated rings. The van der Waals surface area contributed by atoms with Crippen LogP contribution in [0.5, 0.6) is 0 Å². The molecule has 3 nitrogen and oxygen atoms in total. The van der Waals surface area contributed by atoms with Crippen LogP contribution in [-0.4, -0.2) is 42.8 Å². The first-order valence-corrected chi connectivity index (χ1v) is 8.33. The van der Waals surface area contributed by atoms with Crippen molar-refractivity contribution in [2.75, 3.05) is 32.8 Å². The van der Waals surface area contributed by atoms with Crippen LogP contribution in [0.15, 0.2) is 28.7 Å². The lowest BCUT2D eigenvalue weighted by atomic mass is 10.0. The predicted octanol–water partition coefficient (Wildman–Crippen LogP) is 3.19. The highest BCUT2D eigenvalue weighted by atomic mass is 79.9. The lowest BCUT2D eigenvalue weighted by molar-refractivity contribution is 0.223. The molecule has 1 aromatic carbocycles. The minimum atomic E-state index is 0.275. The van der Waals surface area contributed by atoms with Crippen LogP contribution in [0.1, 0.15) is 38.3 Å². The van der Waals surface area contributed by atoms with Gasteiger partial charge < -0.3 is 15.3 Å². The second kappa shape index (κ2) is 10.3. The summed E-state index contributed by atoms with van der Waals surface area (Å²) in [5.41, 5.74) is 1.33. The van der Waals surface area contributed by atoms with Crippen LogP contribution < -0.4 is 5.32 Å². The molecule has 1 rings (SSSR count). The highest BCUT2D eigenvalue weighted by Gasteiger charge is 2.14. The first kappa shape index (κ1) is 17.6. The number of aliphatic hydroxyl groups is 1. The van der Waals surface area contributed by atoms with Gasteiger partial charge in [-0.1, -0.05) is 48.0 Å². The third-order valence-corrected chi connectivity index (χ3v) is 4.27. The molecule has 1 unspecified atom stereocenters. The Kier molecular flexibility index (Phi) is 9.10. The molecule has 114 valence electrons. The molecule has 0 aromatic heterocycles. The average molecular weight is 343 g/mol. The fraction of sp³-hybridized carbons (Fsp3) is 0.625. The largest absolute Gasteiger partial charge is 0.396 e. The Balaban J connectivity index is 2.61. The second-order valence-electron chi connectivity index (χ2n) is 4.93.